The lowest BCUT2D eigenvalue weighted by molar-refractivity contribution is -0.117. The van der Waals surface area contributed by atoms with Crippen LogP contribution in [0.15, 0.2) is 54.4 Å². The predicted octanol–water partition coefficient (Wildman–Crippen LogP) is 2.77. The van der Waals surface area contributed by atoms with Gasteiger partial charge in [0.1, 0.15) is 17.8 Å². The summed E-state index contributed by atoms with van der Waals surface area (Å²) in [6, 6.07) is 0.149. The Morgan fingerprint density at radius 2 is 2.17 bits per heavy atom. The van der Waals surface area contributed by atoms with E-state index in [1.165, 1.54) is 18.1 Å². The fourth-order valence-electron chi connectivity index (χ4n) is 4.88. The topological polar surface area (TPSA) is 98.2 Å². The number of nitrogens with two attached hydrogens (primary N) is 1. The molecule has 3 aliphatic rings. The molecule has 7 heteroatoms. The maximum absolute atomic E-state index is 11.9. The van der Waals surface area contributed by atoms with Crippen molar-refractivity contribution in [3.63, 3.8) is 0 Å². The van der Waals surface area contributed by atoms with E-state index < -0.39 is 0 Å². The zero-order chi connectivity index (χ0) is 20.8. The molecule has 0 fully saturated rings. The molecule has 3 N–H and O–H groups in total. The number of hydrogen-bond donors (Lipinski definition) is 2. The molecule has 152 valence electrons. The fraction of sp³-hybridized carbons (Fsp3) is 0.304. The van der Waals surface area contributed by atoms with Crippen LogP contribution in [0, 0.1) is 5.92 Å². The molecule has 0 radical (unpaired) electrons. The van der Waals surface area contributed by atoms with Gasteiger partial charge in [-0.3, -0.25) is 9.79 Å². The summed E-state index contributed by atoms with van der Waals surface area (Å²) < 4.78 is 2.18. The average Bonchev–Trinajstić information content (AvgIpc) is 3.09. The van der Waals surface area contributed by atoms with Gasteiger partial charge in [-0.15, -0.1) is 0 Å². The van der Waals surface area contributed by atoms with Crippen LogP contribution in [0.2, 0.25) is 0 Å². The number of anilines is 1. The molecular formula is C23H24N6O. The average molecular weight is 400 g/mol. The maximum Gasteiger partial charge on any atom is 0.243 e. The number of carbonyl (C=O) groups is 1. The lowest BCUT2D eigenvalue weighted by Gasteiger charge is -2.31. The number of aliphatic imine (C=N–C) groups is 1. The monoisotopic (exact) mass is 400 g/mol. The van der Waals surface area contributed by atoms with Crippen molar-refractivity contribution in [3.8, 4) is 0 Å². The van der Waals surface area contributed by atoms with Crippen LogP contribution in [-0.2, 0) is 11.3 Å². The summed E-state index contributed by atoms with van der Waals surface area (Å²) in [7, 11) is 0. The number of nitrogen functional groups attached to an aromatic ring is 1. The van der Waals surface area contributed by atoms with Crippen LogP contribution in [0.25, 0.3) is 16.6 Å². The van der Waals surface area contributed by atoms with E-state index in [9.17, 15) is 4.79 Å². The van der Waals surface area contributed by atoms with Crippen LogP contribution in [0.3, 0.4) is 0 Å². The van der Waals surface area contributed by atoms with Gasteiger partial charge in [-0.05, 0) is 24.0 Å². The minimum absolute atomic E-state index is 0.00226. The molecule has 2 aromatic heterocycles. The standard InChI is InChI=1S/C23H24N6O/c1-3-18(30)28-16-8-13(2)21-19(15-9-14-6-4-5-7-17(14)25-10-15)20-22(24)26-12-27-23(20)29(21)11-16/h3-7,9-10,12-14,16-17H,1,8,11H2,2H3,(H,28,30)(H2,24,26,27)/t13-,14?,16?,17?/m0/s1. The summed E-state index contributed by atoms with van der Waals surface area (Å²) in [5.41, 5.74) is 10.4. The molecule has 0 aromatic carbocycles. The second kappa shape index (κ2) is 7.09. The Hall–Kier alpha value is -3.48. The van der Waals surface area contributed by atoms with E-state index in [1.54, 1.807) is 0 Å². The van der Waals surface area contributed by atoms with Crippen molar-refractivity contribution in [2.45, 2.75) is 37.9 Å². The minimum Gasteiger partial charge on any atom is -0.383 e. The molecule has 0 saturated carbocycles. The summed E-state index contributed by atoms with van der Waals surface area (Å²) >= 11 is 0. The molecular weight excluding hydrogens is 376 g/mol. The quantitative estimate of drug-likeness (QED) is 0.774. The lowest BCUT2D eigenvalue weighted by atomic mass is 9.85. The molecule has 2 aromatic rings. The molecule has 7 nitrogen and oxygen atoms in total. The van der Waals surface area contributed by atoms with E-state index in [1.807, 2.05) is 12.3 Å². The molecule has 4 atom stereocenters. The Balaban J connectivity index is 1.67. The van der Waals surface area contributed by atoms with Crippen LogP contribution in [0.4, 0.5) is 5.82 Å². The second-order valence-electron chi connectivity index (χ2n) is 8.11. The molecule has 1 amide bonds. The van der Waals surface area contributed by atoms with Crippen molar-refractivity contribution in [3.05, 3.63) is 60.6 Å². The molecule has 0 spiro atoms. The number of nitrogens with zero attached hydrogens (tertiary/aromatic N) is 4. The van der Waals surface area contributed by atoms with Crippen LogP contribution in [0.1, 0.15) is 30.5 Å². The highest BCUT2D eigenvalue weighted by molar-refractivity contribution is 6.17. The summed E-state index contributed by atoms with van der Waals surface area (Å²) in [5, 5.41) is 3.90. The van der Waals surface area contributed by atoms with Crippen molar-refractivity contribution >= 4 is 34.5 Å². The van der Waals surface area contributed by atoms with Crippen molar-refractivity contribution in [2.75, 3.05) is 5.73 Å². The maximum atomic E-state index is 11.9. The summed E-state index contributed by atoms with van der Waals surface area (Å²) in [5.74, 6) is 0.731. The van der Waals surface area contributed by atoms with Crippen molar-refractivity contribution in [1.29, 1.82) is 0 Å². The first-order valence-corrected chi connectivity index (χ1v) is 10.2. The molecule has 2 aliphatic heterocycles. The number of rotatable bonds is 3. The largest absolute Gasteiger partial charge is 0.383 e. The third-order valence-corrected chi connectivity index (χ3v) is 6.14. The van der Waals surface area contributed by atoms with Crippen LogP contribution in [0.5, 0.6) is 0 Å². The van der Waals surface area contributed by atoms with Gasteiger partial charge < -0.3 is 15.6 Å². The predicted molar refractivity (Wildman–Crippen MR) is 119 cm³/mol. The number of nitrogens with one attached hydrogen (secondary N) is 1. The van der Waals surface area contributed by atoms with Crippen LogP contribution < -0.4 is 11.1 Å². The van der Waals surface area contributed by atoms with Crippen molar-refractivity contribution in [1.82, 2.24) is 19.9 Å². The molecule has 3 unspecified atom stereocenters. The van der Waals surface area contributed by atoms with Gasteiger partial charge in [-0.2, -0.15) is 0 Å². The number of fused-ring (bicyclic) bond motifs is 4. The highest BCUT2D eigenvalue weighted by Crippen LogP contribution is 2.42. The Morgan fingerprint density at radius 1 is 1.33 bits per heavy atom. The van der Waals surface area contributed by atoms with E-state index in [4.69, 9.17) is 10.7 Å². The van der Waals surface area contributed by atoms with Gasteiger partial charge in [0.15, 0.2) is 0 Å². The number of carbonyl (C=O) groups excluding carboxylic acids is 1. The zero-order valence-electron chi connectivity index (χ0n) is 16.8. The van der Waals surface area contributed by atoms with E-state index in [2.05, 4.69) is 57.7 Å². The summed E-state index contributed by atoms with van der Waals surface area (Å²) in [6.45, 7) is 6.37. The highest BCUT2D eigenvalue weighted by atomic mass is 16.1. The number of dihydropyridines is 1. The third-order valence-electron chi connectivity index (χ3n) is 6.14. The number of hydrogen-bond acceptors (Lipinski definition) is 5. The van der Waals surface area contributed by atoms with Crippen LogP contribution >= 0.6 is 0 Å². The normalized spacial score (nSPS) is 26.8. The second-order valence-corrected chi connectivity index (χ2v) is 8.11. The first-order chi connectivity index (χ1) is 14.6. The van der Waals surface area contributed by atoms with E-state index >= 15 is 0 Å². The van der Waals surface area contributed by atoms with Gasteiger partial charge in [0.05, 0.1) is 11.4 Å². The van der Waals surface area contributed by atoms with E-state index in [-0.39, 0.29) is 29.8 Å². The van der Waals surface area contributed by atoms with Gasteiger partial charge in [0.25, 0.3) is 0 Å². The first kappa shape index (κ1) is 18.5. The number of allylic oxidation sites excluding steroid dienone is 3. The van der Waals surface area contributed by atoms with Crippen molar-refractivity contribution in [2.24, 2.45) is 10.9 Å². The Kier molecular flexibility index (Phi) is 4.38. The molecule has 1 aliphatic carbocycles. The minimum atomic E-state index is -0.160. The fourth-order valence-corrected chi connectivity index (χ4v) is 4.88. The van der Waals surface area contributed by atoms with Crippen molar-refractivity contribution < 1.29 is 4.79 Å². The molecule has 5 rings (SSSR count). The molecule has 4 heterocycles. The lowest BCUT2D eigenvalue weighted by Crippen LogP contribution is -2.41. The van der Waals surface area contributed by atoms with Gasteiger partial charge >= 0.3 is 0 Å². The summed E-state index contributed by atoms with van der Waals surface area (Å²) in [6.07, 6.45) is 16.3. The highest BCUT2D eigenvalue weighted by Gasteiger charge is 2.33. The third kappa shape index (κ3) is 2.89. The SMILES string of the molecule is C=CC(=O)NC1C[C@H](C)c2c(C3=CC4C=CC=CC4N=C3)c3c(N)ncnc3n2C1. The van der Waals surface area contributed by atoms with Gasteiger partial charge in [0, 0.05) is 36.0 Å². The molecule has 30 heavy (non-hydrogen) atoms. The molecule has 0 bridgehead atoms. The van der Waals surface area contributed by atoms with E-state index in [0.29, 0.717) is 12.4 Å². The molecule has 0 saturated heterocycles. The van der Waals surface area contributed by atoms with Gasteiger partial charge in [0.2, 0.25) is 5.91 Å². The van der Waals surface area contributed by atoms with E-state index in [0.717, 1.165) is 28.6 Å². The Labute approximate surface area is 174 Å². The summed E-state index contributed by atoms with van der Waals surface area (Å²) in [4.78, 5) is 25.5. The smallest absolute Gasteiger partial charge is 0.243 e. The van der Waals surface area contributed by atoms with Gasteiger partial charge in [-0.25, -0.2) is 9.97 Å². The Bertz CT molecular complexity index is 1170. The van der Waals surface area contributed by atoms with Gasteiger partial charge in [-0.1, -0.05) is 43.9 Å². The Morgan fingerprint density at radius 3 is 3.00 bits per heavy atom. The number of aromatic nitrogens is 3. The zero-order valence-corrected chi connectivity index (χ0v) is 16.8. The number of amides is 1. The van der Waals surface area contributed by atoms with Crippen LogP contribution in [-0.4, -0.2) is 38.7 Å². The first-order valence-electron chi connectivity index (χ1n) is 10.2.